The highest BCUT2D eigenvalue weighted by molar-refractivity contribution is 7.25. The second-order valence-electron chi connectivity index (χ2n) is 17.4. The second kappa shape index (κ2) is 12.4. The molecule has 0 radical (unpaired) electrons. The third-order valence-corrected chi connectivity index (χ3v) is 15.1. The first-order valence-corrected chi connectivity index (χ1v) is 22.0. The Balaban J connectivity index is 1.08. The topological polar surface area (TPSA) is 13.1 Å². The summed E-state index contributed by atoms with van der Waals surface area (Å²) in [7, 11) is 4.40. The monoisotopic (exact) mass is 799 g/mol. The number of hydrogen-bond acceptors (Lipinski definition) is 2. The summed E-state index contributed by atoms with van der Waals surface area (Å²) in [6, 6.07) is 66.0. The SMILES string of the molecule is Cn1c2ccccc2c2cc(N(c3cc4c(c5ccccc35)-c3ccc(-c5cccc6sc7ccccc7c56)cc3C4(C)C)c3cccc4c5ccccc5n(C)c34)ccc21. The van der Waals surface area contributed by atoms with Crippen LogP contribution in [0.1, 0.15) is 25.0 Å². The molecule has 290 valence electrons. The molecule has 3 aromatic heterocycles. The molecule has 9 aromatic carbocycles. The summed E-state index contributed by atoms with van der Waals surface area (Å²) in [5.41, 5.74) is 16.1. The van der Waals surface area contributed by atoms with Crippen LogP contribution in [-0.4, -0.2) is 9.13 Å². The van der Waals surface area contributed by atoms with Crippen LogP contribution in [-0.2, 0) is 19.5 Å². The number of para-hydroxylation sites is 3. The Hall–Kier alpha value is -7.14. The van der Waals surface area contributed by atoms with Gasteiger partial charge in [-0.2, -0.15) is 0 Å². The van der Waals surface area contributed by atoms with Crippen molar-refractivity contribution in [3.8, 4) is 22.3 Å². The molecule has 0 saturated heterocycles. The number of hydrogen-bond donors (Lipinski definition) is 0. The van der Waals surface area contributed by atoms with Crippen molar-refractivity contribution in [2.45, 2.75) is 19.3 Å². The van der Waals surface area contributed by atoms with E-state index in [1.54, 1.807) is 0 Å². The van der Waals surface area contributed by atoms with E-state index in [-0.39, 0.29) is 5.41 Å². The third kappa shape index (κ3) is 4.68. The molecule has 1 aliphatic rings. The van der Waals surface area contributed by atoms with Crippen molar-refractivity contribution in [3.63, 3.8) is 0 Å². The molecule has 13 rings (SSSR count). The maximum absolute atomic E-state index is 2.55. The van der Waals surface area contributed by atoms with Gasteiger partial charge in [0.15, 0.2) is 0 Å². The Morgan fingerprint density at radius 1 is 0.443 bits per heavy atom. The van der Waals surface area contributed by atoms with Crippen LogP contribution in [0, 0.1) is 0 Å². The van der Waals surface area contributed by atoms with Gasteiger partial charge >= 0.3 is 0 Å². The normalized spacial score (nSPS) is 13.4. The van der Waals surface area contributed by atoms with E-state index in [1.165, 1.54) is 114 Å². The van der Waals surface area contributed by atoms with Gasteiger partial charge in [0.25, 0.3) is 0 Å². The smallest absolute Gasteiger partial charge is 0.0733 e. The quantitative estimate of drug-likeness (QED) is 0.173. The van der Waals surface area contributed by atoms with Crippen LogP contribution in [0.5, 0.6) is 0 Å². The molecular weight excluding hydrogens is 759 g/mol. The van der Waals surface area contributed by atoms with Crippen LogP contribution in [0.25, 0.3) is 96.8 Å². The van der Waals surface area contributed by atoms with Gasteiger partial charge in [0.1, 0.15) is 0 Å². The predicted molar refractivity (Wildman–Crippen MR) is 262 cm³/mol. The summed E-state index contributed by atoms with van der Waals surface area (Å²) in [5, 5.41) is 10.2. The van der Waals surface area contributed by atoms with E-state index < -0.39 is 0 Å². The van der Waals surface area contributed by atoms with E-state index in [1.807, 2.05) is 11.3 Å². The standard InChI is InChI=1S/C57H41N3S/c1-57(2)45-31-34(36-20-14-26-53-55(36)43-19-9-12-25-52(43)61-53)27-29-42(45)54-40-18-6-5-15-37(40)51(33-46(54)57)60(35-28-30-49-44(32-35)39-17-8-10-22-47(39)58(49)3)50-24-13-21-41-38-16-7-11-23-48(38)59(4)56(41)50/h5-33H,1-4H3. The summed E-state index contributed by atoms with van der Waals surface area (Å²) in [6.07, 6.45) is 0. The van der Waals surface area contributed by atoms with E-state index in [0.29, 0.717) is 0 Å². The van der Waals surface area contributed by atoms with Crippen LogP contribution >= 0.6 is 11.3 Å². The maximum atomic E-state index is 2.55. The minimum atomic E-state index is -0.263. The average molecular weight is 800 g/mol. The fourth-order valence-electron chi connectivity index (χ4n) is 11.0. The van der Waals surface area contributed by atoms with Gasteiger partial charge in [-0.25, -0.2) is 0 Å². The van der Waals surface area contributed by atoms with Gasteiger partial charge in [0, 0.05) is 88.9 Å². The molecule has 0 saturated carbocycles. The second-order valence-corrected chi connectivity index (χ2v) is 18.5. The number of benzene rings is 9. The zero-order valence-electron chi connectivity index (χ0n) is 34.5. The molecule has 3 nitrogen and oxygen atoms in total. The summed E-state index contributed by atoms with van der Waals surface area (Å²) in [5.74, 6) is 0. The molecule has 0 spiro atoms. The predicted octanol–water partition coefficient (Wildman–Crippen LogP) is 15.9. The van der Waals surface area contributed by atoms with Gasteiger partial charge in [-0.1, -0.05) is 129 Å². The highest BCUT2D eigenvalue weighted by atomic mass is 32.1. The highest BCUT2D eigenvalue weighted by Gasteiger charge is 2.38. The summed E-state index contributed by atoms with van der Waals surface area (Å²) < 4.78 is 7.38. The van der Waals surface area contributed by atoms with Crippen LogP contribution in [0.3, 0.4) is 0 Å². The molecule has 0 bridgehead atoms. The lowest BCUT2D eigenvalue weighted by Gasteiger charge is -2.30. The van der Waals surface area contributed by atoms with Crippen molar-refractivity contribution in [2.75, 3.05) is 4.90 Å². The van der Waals surface area contributed by atoms with Crippen molar-refractivity contribution < 1.29 is 0 Å². The molecule has 61 heavy (non-hydrogen) atoms. The molecule has 1 aliphatic carbocycles. The van der Waals surface area contributed by atoms with Crippen molar-refractivity contribution in [1.82, 2.24) is 9.13 Å². The number of nitrogens with zero attached hydrogens (tertiary/aromatic N) is 3. The van der Waals surface area contributed by atoms with Gasteiger partial charge in [0.05, 0.1) is 16.9 Å². The zero-order chi connectivity index (χ0) is 40.7. The maximum Gasteiger partial charge on any atom is 0.0733 e. The first-order chi connectivity index (χ1) is 29.9. The van der Waals surface area contributed by atoms with Crippen molar-refractivity contribution in [2.24, 2.45) is 14.1 Å². The van der Waals surface area contributed by atoms with E-state index >= 15 is 0 Å². The van der Waals surface area contributed by atoms with E-state index in [4.69, 9.17) is 0 Å². The number of aryl methyl sites for hydroxylation is 2. The molecule has 0 fully saturated rings. The van der Waals surface area contributed by atoms with Crippen LogP contribution < -0.4 is 4.90 Å². The van der Waals surface area contributed by atoms with E-state index in [0.717, 1.165) is 11.4 Å². The first kappa shape index (κ1) is 34.7. The average Bonchev–Trinajstić information content (AvgIpc) is 3.99. The minimum Gasteiger partial charge on any atom is -0.344 e. The number of aromatic nitrogens is 2. The van der Waals surface area contributed by atoms with Crippen molar-refractivity contribution in [1.29, 1.82) is 0 Å². The Bertz CT molecular complexity index is 3840. The molecule has 0 N–H and O–H groups in total. The molecular formula is C57H41N3S. The first-order valence-electron chi connectivity index (χ1n) is 21.2. The lowest BCUT2D eigenvalue weighted by Crippen LogP contribution is -2.17. The van der Waals surface area contributed by atoms with Crippen LogP contribution in [0.15, 0.2) is 176 Å². The van der Waals surface area contributed by atoms with Crippen molar-refractivity contribution >= 4 is 103 Å². The van der Waals surface area contributed by atoms with Gasteiger partial charge in [-0.05, 0) is 99.4 Å². The number of anilines is 3. The molecule has 0 amide bonds. The summed E-state index contributed by atoms with van der Waals surface area (Å²) in [6.45, 7) is 4.86. The van der Waals surface area contributed by atoms with Gasteiger partial charge < -0.3 is 14.0 Å². The third-order valence-electron chi connectivity index (χ3n) is 13.9. The number of fused-ring (bicyclic) bond motifs is 14. The lowest BCUT2D eigenvalue weighted by molar-refractivity contribution is 0.661. The molecule has 0 aliphatic heterocycles. The molecule has 3 heterocycles. The summed E-state index contributed by atoms with van der Waals surface area (Å²) >= 11 is 1.88. The molecule has 12 aromatic rings. The minimum absolute atomic E-state index is 0.263. The zero-order valence-corrected chi connectivity index (χ0v) is 35.3. The lowest BCUT2D eigenvalue weighted by atomic mass is 9.80. The highest BCUT2D eigenvalue weighted by Crippen LogP contribution is 2.56. The largest absolute Gasteiger partial charge is 0.344 e. The summed E-state index contributed by atoms with van der Waals surface area (Å²) in [4.78, 5) is 2.55. The number of rotatable bonds is 4. The van der Waals surface area contributed by atoms with Crippen LogP contribution in [0.2, 0.25) is 0 Å². The van der Waals surface area contributed by atoms with Crippen LogP contribution in [0.4, 0.5) is 17.1 Å². The Morgan fingerprint density at radius 3 is 1.90 bits per heavy atom. The van der Waals surface area contributed by atoms with E-state index in [9.17, 15) is 0 Å². The fourth-order valence-corrected chi connectivity index (χ4v) is 12.2. The van der Waals surface area contributed by atoms with E-state index in [2.05, 4.69) is 218 Å². The Morgan fingerprint density at radius 2 is 1.08 bits per heavy atom. The van der Waals surface area contributed by atoms with Gasteiger partial charge in [-0.3, -0.25) is 0 Å². The fraction of sp³-hybridized carbons (Fsp3) is 0.0877. The Labute approximate surface area is 357 Å². The van der Waals surface area contributed by atoms with Crippen molar-refractivity contribution in [3.05, 3.63) is 187 Å². The molecule has 0 unspecified atom stereocenters. The Kier molecular flexibility index (Phi) is 7.08. The molecule has 0 atom stereocenters. The molecule has 4 heteroatoms. The number of thiophene rings is 1. The van der Waals surface area contributed by atoms with Gasteiger partial charge in [-0.15, -0.1) is 11.3 Å². The van der Waals surface area contributed by atoms with Gasteiger partial charge in [0.2, 0.25) is 0 Å².